The second-order valence-electron chi connectivity index (χ2n) is 5.92. The van der Waals surface area contributed by atoms with Gasteiger partial charge in [-0.25, -0.2) is 4.79 Å². The van der Waals surface area contributed by atoms with Crippen LogP contribution in [0.15, 0.2) is 23.3 Å². The summed E-state index contributed by atoms with van der Waals surface area (Å²) < 4.78 is 4.82. The number of ether oxygens (including phenoxy) is 1. The van der Waals surface area contributed by atoms with Crippen LogP contribution in [0.3, 0.4) is 0 Å². The monoisotopic (exact) mass is 248 g/mol. The van der Waals surface area contributed by atoms with Gasteiger partial charge in [-0.05, 0) is 56.8 Å². The summed E-state index contributed by atoms with van der Waals surface area (Å²) in [4.78, 5) is 11.6. The summed E-state index contributed by atoms with van der Waals surface area (Å²) >= 11 is 0. The van der Waals surface area contributed by atoms with Gasteiger partial charge in [-0.1, -0.05) is 24.6 Å². The highest BCUT2D eigenvalue weighted by Gasteiger charge is 2.34. The zero-order chi connectivity index (χ0) is 13.3. The molecule has 2 rings (SSSR count). The van der Waals surface area contributed by atoms with Crippen LogP contribution in [0.25, 0.3) is 0 Å². The molecule has 0 spiro atoms. The molecule has 0 N–H and O–H groups in total. The molecule has 0 bridgehead atoms. The van der Waals surface area contributed by atoms with Gasteiger partial charge in [0.15, 0.2) is 0 Å². The fourth-order valence-corrected chi connectivity index (χ4v) is 3.60. The standard InChI is InChI=1S/C16H24O2/c1-10-5-7-13(12(3)16(17)18-4)9-15-11(2)6-8-14(10)15/h10,13-14H,3,5-9H2,1-2,4H3/t10-,13-,14-/m0/s1. The van der Waals surface area contributed by atoms with Crippen molar-refractivity contribution in [2.45, 2.75) is 46.0 Å². The molecule has 0 amide bonds. The fraction of sp³-hybridized carbons (Fsp3) is 0.688. The minimum atomic E-state index is -0.234. The summed E-state index contributed by atoms with van der Waals surface area (Å²) in [7, 11) is 1.44. The molecule has 3 atom stereocenters. The van der Waals surface area contributed by atoms with Crippen LogP contribution in [-0.4, -0.2) is 13.1 Å². The highest BCUT2D eigenvalue weighted by molar-refractivity contribution is 5.88. The molecule has 0 heterocycles. The number of allylic oxidation sites excluding steroid dienone is 2. The zero-order valence-electron chi connectivity index (χ0n) is 11.8. The number of hydrogen-bond acceptors (Lipinski definition) is 2. The lowest BCUT2D eigenvalue weighted by molar-refractivity contribution is -0.136. The van der Waals surface area contributed by atoms with E-state index in [0.717, 1.165) is 24.7 Å². The van der Waals surface area contributed by atoms with Crippen molar-refractivity contribution in [1.82, 2.24) is 0 Å². The molecular formula is C16H24O2. The molecule has 1 saturated carbocycles. The van der Waals surface area contributed by atoms with Crippen LogP contribution in [0.5, 0.6) is 0 Å². The molecule has 2 aliphatic rings. The van der Waals surface area contributed by atoms with Crippen LogP contribution < -0.4 is 0 Å². The van der Waals surface area contributed by atoms with Gasteiger partial charge in [0, 0.05) is 5.57 Å². The predicted molar refractivity (Wildman–Crippen MR) is 73.1 cm³/mol. The Hall–Kier alpha value is -1.05. The van der Waals surface area contributed by atoms with Crippen molar-refractivity contribution in [2.24, 2.45) is 17.8 Å². The topological polar surface area (TPSA) is 26.3 Å². The first-order valence-corrected chi connectivity index (χ1v) is 7.00. The van der Waals surface area contributed by atoms with E-state index in [9.17, 15) is 4.79 Å². The number of methoxy groups -OCH3 is 1. The van der Waals surface area contributed by atoms with Crippen molar-refractivity contribution in [1.29, 1.82) is 0 Å². The molecule has 0 aliphatic heterocycles. The second-order valence-corrected chi connectivity index (χ2v) is 5.92. The lowest BCUT2D eigenvalue weighted by Gasteiger charge is -2.19. The Labute approximate surface area is 110 Å². The average molecular weight is 248 g/mol. The summed E-state index contributed by atoms with van der Waals surface area (Å²) in [6.07, 6.45) is 5.83. The molecule has 0 aromatic rings. The molecule has 2 nitrogen and oxygen atoms in total. The van der Waals surface area contributed by atoms with E-state index in [-0.39, 0.29) is 11.9 Å². The SMILES string of the molecule is C=C(C(=O)OC)[C@H]1CC[C@H](C)[C@@H]2CCC(C)=C2C1. The smallest absolute Gasteiger partial charge is 0.333 e. The Balaban J connectivity index is 2.19. The Morgan fingerprint density at radius 2 is 2.06 bits per heavy atom. The van der Waals surface area contributed by atoms with Gasteiger partial charge in [0.2, 0.25) is 0 Å². The van der Waals surface area contributed by atoms with Crippen molar-refractivity contribution in [3.8, 4) is 0 Å². The molecule has 18 heavy (non-hydrogen) atoms. The van der Waals surface area contributed by atoms with E-state index in [4.69, 9.17) is 4.74 Å². The molecule has 0 saturated heterocycles. The Kier molecular flexibility index (Phi) is 3.94. The van der Waals surface area contributed by atoms with Crippen molar-refractivity contribution in [3.63, 3.8) is 0 Å². The molecule has 2 aliphatic carbocycles. The molecule has 1 fully saturated rings. The van der Waals surface area contributed by atoms with Crippen LogP contribution in [0.2, 0.25) is 0 Å². The summed E-state index contributed by atoms with van der Waals surface area (Å²) in [6, 6.07) is 0. The lowest BCUT2D eigenvalue weighted by Crippen LogP contribution is -2.14. The minimum absolute atomic E-state index is 0.234. The van der Waals surface area contributed by atoms with Crippen LogP contribution in [-0.2, 0) is 9.53 Å². The van der Waals surface area contributed by atoms with E-state index in [1.54, 1.807) is 11.1 Å². The molecule has 2 heteroatoms. The number of esters is 1. The highest BCUT2D eigenvalue weighted by Crippen LogP contribution is 2.46. The van der Waals surface area contributed by atoms with E-state index >= 15 is 0 Å². The maximum atomic E-state index is 11.6. The Morgan fingerprint density at radius 1 is 1.33 bits per heavy atom. The molecule has 0 unspecified atom stereocenters. The van der Waals surface area contributed by atoms with E-state index in [2.05, 4.69) is 20.4 Å². The zero-order valence-corrected chi connectivity index (χ0v) is 11.8. The summed E-state index contributed by atoms with van der Waals surface area (Å²) in [6.45, 7) is 8.57. The largest absolute Gasteiger partial charge is 0.466 e. The summed E-state index contributed by atoms with van der Waals surface area (Å²) in [5.41, 5.74) is 3.82. The number of hydrogen-bond donors (Lipinski definition) is 0. The molecule has 100 valence electrons. The third kappa shape index (κ3) is 2.38. The minimum Gasteiger partial charge on any atom is -0.466 e. The van der Waals surface area contributed by atoms with Gasteiger partial charge in [0.1, 0.15) is 0 Å². The third-order valence-corrected chi connectivity index (χ3v) is 4.89. The van der Waals surface area contributed by atoms with Crippen LogP contribution >= 0.6 is 0 Å². The second kappa shape index (κ2) is 5.29. The predicted octanol–water partition coefficient (Wildman–Crippen LogP) is 3.88. The first kappa shape index (κ1) is 13.4. The van der Waals surface area contributed by atoms with Crippen LogP contribution in [0.1, 0.15) is 46.0 Å². The van der Waals surface area contributed by atoms with E-state index in [1.165, 1.54) is 26.4 Å². The number of rotatable bonds is 2. The quantitative estimate of drug-likeness (QED) is 0.421. The summed E-state index contributed by atoms with van der Waals surface area (Å²) in [5, 5.41) is 0. The Bertz CT molecular complexity index is 392. The van der Waals surface area contributed by atoms with Gasteiger partial charge in [0.25, 0.3) is 0 Å². The van der Waals surface area contributed by atoms with E-state index in [1.807, 2.05) is 0 Å². The van der Waals surface area contributed by atoms with Gasteiger partial charge in [-0.2, -0.15) is 0 Å². The average Bonchev–Trinajstić information content (AvgIpc) is 2.64. The maximum absolute atomic E-state index is 11.6. The van der Waals surface area contributed by atoms with Gasteiger partial charge < -0.3 is 4.74 Å². The molecular weight excluding hydrogens is 224 g/mol. The maximum Gasteiger partial charge on any atom is 0.333 e. The van der Waals surface area contributed by atoms with E-state index < -0.39 is 0 Å². The normalized spacial score (nSPS) is 31.8. The number of carbonyl (C=O) groups is 1. The third-order valence-electron chi connectivity index (χ3n) is 4.89. The first-order chi connectivity index (χ1) is 8.54. The molecule has 0 aromatic carbocycles. The lowest BCUT2D eigenvalue weighted by atomic mass is 9.86. The fourth-order valence-electron chi connectivity index (χ4n) is 3.60. The highest BCUT2D eigenvalue weighted by atomic mass is 16.5. The first-order valence-electron chi connectivity index (χ1n) is 7.00. The van der Waals surface area contributed by atoms with Gasteiger partial charge in [-0.3, -0.25) is 0 Å². The van der Waals surface area contributed by atoms with Crippen molar-refractivity contribution < 1.29 is 9.53 Å². The van der Waals surface area contributed by atoms with Gasteiger partial charge in [-0.15, -0.1) is 0 Å². The molecule has 0 aromatic heterocycles. The van der Waals surface area contributed by atoms with Crippen LogP contribution in [0, 0.1) is 17.8 Å². The van der Waals surface area contributed by atoms with E-state index in [0.29, 0.717) is 5.57 Å². The number of carbonyl (C=O) groups excluding carboxylic acids is 1. The summed E-state index contributed by atoms with van der Waals surface area (Å²) in [5.74, 6) is 1.55. The van der Waals surface area contributed by atoms with Crippen molar-refractivity contribution >= 4 is 5.97 Å². The molecule has 0 radical (unpaired) electrons. The number of fused-ring (bicyclic) bond motifs is 1. The van der Waals surface area contributed by atoms with Gasteiger partial charge in [0.05, 0.1) is 7.11 Å². The van der Waals surface area contributed by atoms with Crippen LogP contribution in [0.4, 0.5) is 0 Å². The van der Waals surface area contributed by atoms with Crippen molar-refractivity contribution in [3.05, 3.63) is 23.3 Å². The Morgan fingerprint density at radius 3 is 2.72 bits per heavy atom. The van der Waals surface area contributed by atoms with Gasteiger partial charge >= 0.3 is 5.97 Å². The van der Waals surface area contributed by atoms with Crippen molar-refractivity contribution in [2.75, 3.05) is 7.11 Å².